The van der Waals surface area contributed by atoms with E-state index in [2.05, 4.69) is 19.2 Å². The van der Waals surface area contributed by atoms with Gasteiger partial charge in [-0.15, -0.1) is 0 Å². The van der Waals surface area contributed by atoms with Crippen LogP contribution in [0.1, 0.15) is 33.1 Å². The lowest BCUT2D eigenvalue weighted by atomic mass is 9.98. The number of sulfonamides is 1. The molecule has 1 aliphatic rings. The summed E-state index contributed by atoms with van der Waals surface area (Å²) < 4.78 is 32.6. The number of nitrogens with one attached hydrogen (secondary N) is 1. The van der Waals surface area contributed by atoms with Gasteiger partial charge >= 0.3 is 0 Å². The van der Waals surface area contributed by atoms with Crippen molar-refractivity contribution in [1.29, 1.82) is 0 Å². The van der Waals surface area contributed by atoms with Gasteiger partial charge < -0.3 is 10.1 Å². The molecule has 1 atom stereocenters. The van der Waals surface area contributed by atoms with E-state index < -0.39 is 10.0 Å². The van der Waals surface area contributed by atoms with E-state index in [9.17, 15) is 13.2 Å². The molecule has 8 heteroatoms. The third kappa shape index (κ3) is 5.11. The molecule has 1 fully saturated rings. The van der Waals surface area contributed by atoms with Crippen molar-refractivity contribution in [2.45, 2.75) is 38.0 Å². The van der Waals surface area contributed by atoms with Crippen LogP contribution in [0.25, 0.3) is 0 Å². The monoisotopic (exact) mass is 402 g/mol. The topological polar surface area (TPSA) is 75.7 Å². The van der Waals surface area contributed by atoms with Crippen molar-refractivity contribution in [3.8, 4) is 5.75 Å². The van der Waals surface area contributed by atoms with Gasteiger partial charge in [-0.1, -0.05) is 25.4 Å². The van der Waals surface area contributed by atoms with Crippen molar-refractivity contribution in [2.24, 2.45) is 11.8 Å². The van der Waals surface area contributed by atoms with Crippen LogP contribution in [0.3, 0.4) is 0 Å². The molecule has 6 nitrogen and oxygen atoms in total. The molecule has 0 bridgehead atoms. The Balaban J connectivity index is 2.13. The molecule has 1 aliphatic heterocycles. The van der Waals surface area contributed by atoms with E-state index in [1.54, 1.807) is 6.07 Å². The van der Waals surface area contributed by atoms with Crippen molar-refractivity contribution in [3.63, 3.8) is 0 Å². The fourth-order valence-corrected chi connectivity index (χ4v) is 4.94. The molecule has 1 N–H and O–H groups in total. The lowest BCUT2D eigenvalue weighted by Gasteiger charge is -2.31. The third-order valence-electron chi connectivity index (χ3n) is 4.52. The van der Waals surface area contributed by atoms with Crippen LogP contribution in [0.15, 0.2) is 23.1 Å². The van der Waals surface area contributed by atoms with Gasteiger partial charge in [-0.05, 0) is 43.4 Å². The number of piperidine rings is 1. The van der Waals surface area contributed by atoms with Gasteiger partial charge in [-0.2, -0.15) is 4.31 Å². The number of hydrogen-bond acceptors (Lipinski definition) is 4. The average molecular weight is 403 g/mol. The molecule has 1 aromatic rings. The third-order valence-corrected chi connectivity index (χ3v) is 6.64. The van der Waals surface area contributed by atoms with Crippen molar-refractivity contribution in [2.75, 3.05) is 26.7 Å². The molecule has 0 unspecified atom stereocenters. The van der Waals surface area contributed by atoms with Crippen molar-refractivity contribution in [3.05, 3.63) is 23.2 Å². The van der Waals surface area contributed by atoms with E-state index in [1.165, 1.54) is 23.5 Å². The highest BCUT2D eigenvalue weighted by Crippen LogP contribution is 2.31. The molecule has 0 radical (unpaired) electrons. The van der Waals surface area contributed by atoms with E-state index in [-0.39, 0.29) is 29.0 Å². The normalized spacial score (nSPS) is 18.7. The first kappa shape index (κ1) is 21.0. The number of amides is 1. The number of nitrogens with zero attached hydrogens (tertiary/aromatic N) is 1. The predicted molar refractivity (Wildman–Crippen MR) is 102 cm³/mol. The fourth-order valence-electron chi connectivity index (χ4n) is 2.99. The van der Waals surface area contributed by atoms with Gasteiger partial charge in [0.15, 0.2) is 0 Å². The second kappa shape index (κ2) is 9.06. The van der Waals surface area contributed by atoms with E-state index in [4.69, 9.17) is 16.3 Å². The Hall–Kier alpha value is -1.31. The maximum atomic E-state index is 13.0. The maximum absolute atomic E-state index is 13.0. The second-order valence-electron chi connectivity index (χ2n) is 6.97. The number of hydrogen-bond donors (Lipinski definition) is 1. The Bertz CT molecular complexity index is 737. The molecule has 146 valence electrons. The van der Waals surface area contributed by atoms with Crippen LogP contribution < -0.4 is 10.1 Å². The summed E-state index contributed by atoms with van der Waals surface area (Å²) >= 11 is 5.98. The molecule has 1 saturated heterocycles. The summed E-state index contributed by atoms with van der Waals surface area (Å²) in [6.45, 7) is 5.36. The van der Waals surface area contributed by atoms with Crippen LogP contribution in [0.4, 0.5) is 0 Å². The molecule has 2 rings (SSSR count). The molecule has 1 amide bonds. The summed E-state index contributed by atoms with van der Waals surface area (Å²) in [5.41, 5.74) is 0. The van der Waals surface area contributed by atoms with Gasteiger partial charge in [0.25, 0.3) is 0 Å². The number of rotatable bonds is 7. The largest absolute Gasteiger partial charge is 0.495 e. The molecule has 0 aromatic heterocycles. The Morgan fingerprint density at radius 1 is 1.42 bits per heavy atom. The maximum Gasteiger partial charge on any atom is 0.246 e. The molecule has 1 aromatic carbocycles. The van der Waals surface area contributed by atoms with Gasteiger partial charge in [-0.25, -0.2) is 8.42 Å². The number of methoxy groups -OCH3 is 1. The lowest BCUT2D eigenvalue weighted by Crippen LogP contribution is -2.45. The zero-order chi connectivity index (χ0) is 19.3. The molecular weight excluding hydrogens is 376 g/mol. The summed E-state index contributed by atoms with van der Waals surface area (Å²) in [7, 11) is -2.36. The second-order valence-corrected chi connectivity index (χ2v) is 9.31. The highest BCUT2D eigenvalue weighted by Gasteiger charge is 2.34. The van der Waals surface area contributed by atoms with E-state index in [0.29, 0.717) is 36.9 Å². The summed E-state index contributed by atoms with van der Waals surface area (Å²) in [6, 6.07) is 4.51. The zero-order valence-electron chi connectivity index (χ0n) is 15.5. The Kier molecular flexibility index (Phi) is 7.32. The Morgan fingerprint density at radius 3 is 2.81 bits per heavy atom. The first-order valence-electron chi connectivity index (χ1n) is 8.87. The van der Waals surface area contributed by atoms with Crippen LogP contribution in [-0.2, 0) is 14.8 Å². The highest BCUT2D eigenvalue weighted by molar-refractivity contribution is 7.89. The van der Waals surface area contributed by atoms with Gasteiger partial charge in [-0.3, -0.25) is 4.79 Å². The number of carbonyl (C=O) groups is 1. The summed E-state index contributed by atoms with van der Waals surface area (Å²) in [5, 5.41) is 3.24. The molecule has 0 aliphatic carbocycles. The molecule has 0 spiro atoms. The number of benzene rings is 1. The number of halogens is 1. The van der Waals surface area contributed by atoms with E-state index >= 15 is 0 Å². The number of carbonyl (C=O) groups excluding carboxylic acids is 1. The minimum absolute atomic E-state index is 0.0355. The first-order chi connectivity index (χ1) is 12.3. The van der Waals surface area contributed by atoms with Crippen LogP contribution in [-0.4, -0.2) is 45.4 Å². The van der Waals surface area contributed by atoms with Crippen molar-refractivity contribution < 1.29 is 17.9 Å². The first-order valence-corrected chi connectivity index (χ1v) is 10.7. The SMILES string of the molecule is COc1ccc(Cl)cc1S(=O)(=O)N1CCC[C@@H](C(=O)NCCC(C)C)C1. The number of ether oxygens (including phenoxy) is 1. The Labute approximate surface area is 160 Å². The predicted octanol–water partition coefficient (Wildman–Crippen LogP) is 2.91. The highest BCUT2D eigenvalue weighted by atomic mass is 35.5. The van der Waals surface area contributed by atoms with Gasteiger partial charge in [0.2, 0.25) is 15.9 Å². The minimum Gasteiger partial charge on any atom is -0.495 e. The minimum atomic E-state index is -3.78. The molecule has 1 heterocycles. The molecule has 0 saturated carbocycles. The van der Waals surface area contributed by atoms with Gasteiger partial charge in [0, 0.05) is 24.7 Å². The van der Waals surface area contributed by atoms with Crippen molar-refractivity contribution >= 4 is 27.5 Å². The van der Waals surface area contributed by atoms with E-state index in [1.807, 2.05) is 0 Å². The molecular formula is C18H27ClN2O4S. The smallest absolute Gasteiger partial charge is 0.246 e. The summed E-state index contributed by atoms with van der Waals surface area (Å²) in [6.07, 6.45) is 2.23. The molecule has 26 heavy (non-hydrogen) atoms. The zero-order valence-corrected chi connectivity index (χ0v) is 17.1. The van der Waals surface area contributed by atoms with Crippen LogP contribution in [0.5, 0.6) is 5.75 Å². The van der Waals surface area contributed by atoms with Gasteiger partial charge in [0.1, 0.15) is 10.6 Å². The summed E-state index contributed by atoms with van der Waals surface area (Å²) in [4.78, 5) is 12.4. The quantitative estimate of drug-likeness (QED) is 0.760. The standard InChI is InChI=1S/C18H27ClN2O4S/c1-13(2)8-9-20-18(22)14-5-4-10-21(12-14)26(23,24)17-11-15(19)6-7-16(17)25-3/h6-7,11,13-14H,4-5,8-10,12H2,1-3H3,(H,20,22)/t14-/m1/s1. The lowest BCUT2D eigenvalue weighted by molar-refractivity contribution is -0.126. The Morgan fingerprint density at radius 2 is 2.15 bits per heavy atom. The van der Waals surface area contributed by atoms with Gasteiger partial charge in [0.05, 0.1) is 13.0 Å². The van der Waals surface area contributed by atoms with Crippen LogP contribution in [0.2, 0.25) is 5.02 Å². The van der Waals surface area contributed by atoms with Crippen molar-refractivity contribution in [1.82, 2.24) is 9.62 Å². The summed E-state index contributed by atoms with van der Waals surface area (Å²) in [5.74, 6) is 0.339. The average Bonchev–Trinajstić information content (AvgIpc) is 2.61. The van der Waals surface area contributed by atoms with E-state index in [0.717, 1.165) is 6.42 Å². The van der Waals surface area contributed by atoms with Crippen LogP contribution >= 0.6 is 11.6 Å². The van der Waals surface area contributed by atoms with Crippen LogP contribution in [0, 0.1) is 11.8 Å². The fraction of sp³-hybridized carbons (Fsp3) is 0.611.